The van der Waals surface area contributed by atoms with Gasteiger partial charge in [0.1, 0.15) is 6.61 Å². The number of hydrogen-bond donors (Lipinski definition) is 0. The topological polar surface area (TPSA) is 38.8 Å². The summed E-state index contributed by atoms with van der Waals surface area (Å²) in [6.07, 6.45) is 3.55. The number of epoxide rings is 1. The van der Waals surface area contributed by atoms with Gasteiger partial charge < -0.3 is 9.47 Å². The average molecular weight is 196 g/mol. The van der Waals surface area contributed by atoms with E-state index in [1.165, 1.54) is 0 Å². The number of rotatable bonds is 3. The molecule has 0 N–H and O–H groups in total. The highest BCUT2D eigenvalue weighted by atomic mass is 16.6. The molecule has 0 radical (unpaired) electrons. The summed E-state index contributed by atoms with van der Waals surface area (Å²) < 4.78 is 10.5. The monoisotopic (exact) mass is 196 g/mol. The number of carbonyl (C=O) groups is 1. The third-order valence-corrected chi connectivity index (χ3v) is 2.80. The lowest BCUT2D eigenvalue weighted by Crippen LogP contribution is -2.24. The van der Waals surface area contributed by atoms with Gasteiger partial charge in [-0.05, 0) is 31.8 Å². The maximum atomic E-state index is 11.5. The lowest BCUT2D eigenvalue weighted by Gasteiger charge is -2.17. The number of fused-ring (bicyclic) bond motifs is 1. The van der Waals surface area contributed by atoms with Gasteiger partial charge in [0.25, 0.3) is 0 Å². The Morgan fingerprint density at radius 3 is 2.93 bits per heavy atom. The highest BCUT2D eigenvalue weighted by molar-refractivity contribution is 5.72. The minimum Gasteiger partial charge on any atom is -0.461 e. The first kappa shape index (κ1) is 9.71. The minimum atomic E-state index is -0.0815. The van der Waals surface area contributed by atoms with Crippen molar-refractivity contribution >= 4 is 5.97 Å². The number of ether oxygens (including phenoxy) is 2. The van der Waals surface area contributed by atoms with E-state index in [1.54, 1.807) is 0 Å². The summed E-state index contributed by atoms with van der Waals surface area (Å²) in [5.41, 5.74) is 0.884. The van der Waals surface area contributed by atoms with Crippen LogP contribution in [0.4, 0.5) is 0 Å². The van der Waals surface area contributed by atoms with Gasteiger partial charge in [0, 0.05) is 0 Å². The summed E-state index contributed by atoms with van der Waals surface area (Å²) in [4.78, 5) is 11.5. The van der Waals surface area contributed by atoms with Crippen molar-refractivity contribution in [2.45, 2.75) is 38.4 Å². The lowest BCUT2D eigenvalue weighted by atomic mass is 9.89. The third kappa shape index (κ3) is 2.15. The van der Waals surface area contributed by atoms with E-state index in [0.29, 0.717) is 18.8 Å². The standard InChI is InChI=1S/C11H16O3/c1-7(2)6-13-11(12)8-3-4-9-10(5-8)14-9/h8-10H,1,3-6H2,2H3. The fourth-order valence-electron chi connectivity index (χ4n) is 1.93. The third-order valence-electron chi connectivity index (χ3n) is 2.80. The molecular weight excluding hydrogens is 180 g/mol. The SMILES string of the molecule is C=C(C)COC(=O)C1CCC2OC2C1. The molecule has 1 aliphatic heterocycles. The summed E-state index contributed by atoms with van der Waals surface area (Å²) in [6.45, 7) is 5.90. The Bertz CT molecular complexity index is 259. The number of esters is 1. The zero-order valence-electron chi connectivity index (χ0n) is 8.49. The lowest BCUT2D eigenvalue weighted by molar-refractivity contribution is -0.148. The molecule has 3 atom stereocenters. The molecule has 1 saturated carbocycles. The molecule has 14 heavy (non-hydrogen) atoms. The molecule has 0 aromatic rings. The van der Waals surface area contributed by atoms with Crippen LogP contribution in [0.3, 0.4) is 0 Å². The normalized spacial score (nSPS) is 34.5. The van der Waals surface area contributed by atoms with E-state index >= 15 is 0 Å². The average Bonchev–Trinajstić information content (AvgIpc) is 2.91. The molecule has 0 amide bonds. The largest absolute Gasteiger partial charge is 0.461 e. The Hall–Kier alpha value is -0.830. The van der Waals surface area contributed by atoms with E-state index in [9.17, 15) is 4.79 Å². The van der Waals surface area contributed by atoms with Crippen LogP contribution in [0.15, 0.2) is 12.2 Å². The van der Waals surface area contributed by atoms with Crippen LogP contribution >= 0.6 is 0 Å². The smallest absolute Gasteiger partial charge is 0.309 e. The highest BCUT2D eigenvalue weighted by Gasteiger charge is 2.46. The molecule has 1 heterocycles. The van der Waals surface area contributed by atoms with Crippen LogP contribution in [0, 0.1) is 5.92 Å². The predicted molar refractivity (Wildman–Crippen MR) is 51.8 cm³/mol. The Labute approximate surface area is 84.1 Å². The van der Waals surface area contributed by atoms with E-state index in [4.69, 9.17) is 9.47 Å². The molecule has 2 rings (SSSR count). The minimum absolute atomic E-state index is 0.0538. The Kier molecular flexibility index (Phi) is 2.59. The van der Waals surface area contributed by atoms with Gasteiger partial charge in [-0.15, -0.1) is 0 Å². The zero-order valence-corrected chi connectivity index (χ0v) is 8.49. The van der Waals surface area contributed by atoms with Crippen LogP contribution in [0.25, 0.3) is 0 Å². The molecule has 0 bridgehead atoms. The first-order valence-electron chi connectivity index (χ1n) is 5.13. The van der Waals surface area contributed by atoms with Crippen LogP contribution in [0.5, 0.6) is 0 Å². The van der Waals surface area contributed by atoms with Gasteiger partial charge >= 0.3 is 5.97 Å². The molecule has 2 fully saturated rings. The molecule has 2 aliphatic rings. The second kappa shape index (κ2) is 3.73. The first-order valence-corrected chi connectivity index (χ1v) is 5.13. The van der Waals surface area contributed by atoms with Crippen LogP contribution in [-0.2, 0) is 14.3 Å². The number of carbonyl (C=O) groups excluding carboxylic acids is 1. The van der Waals surface area contributed by atoms with Gasteiger partial charge in [0.15, 0.2) is 0 Å². The molecule has 3 unspecified atom stereocenters. The first-order chi connectivity index (χ1) is 6.66. The molecule has 0 aromatic carbocycles. The van der Waals surface area contributed by atoms with Crippen molar-refractivity contribution in [2.75, 3.05) is 6.61 Å². The molecular formula is C11H16O3. The summed E-state index contributed by atoms with van der Waals surface area (Å²) in [5.74, 6) is -0.0277. The molecule has 0 spiro atoms. The maximum Gasteiger partial charge on any atom is 0.309 e. The second-order valence-electron chi connectivity index (χ2n) is 4.29. The Morgan fingerprint density at radius 2 is 2.29 bits per heavy atom. The zero-order chi connectivity index (χ0) is 10.1. The fourth-order valence-corrected chi connectivity index (χ4v) is 1.93. The maximum absolute atomic E-state index is 11.5. The second-order valence-corrected chi connectivity index (χ2v) is 4.29. The van der Waals surface area contributed by atoms with E-state index < -0.39 is 0 Å². The van der Waals surface area contributed by atoms with Crippen LogP contribution in [0.2, 0.25) is 0 Å². The summed E-state index contributed by atoms with van der Waals surface area (Å²) >= 11 is 0. The van der Waals surface area contributed by atoms with Crippen molar-refractivity contribution < 1.29 is 14.3 Å². The Balaban J connectivity index is 1.76. The van der Waals surface area contributed by atoms with Crippen LogP contribution in [0.1, 0.15) is 26.2 Å². The van der Waals surface area contributed by atoms with Crippen molar-refractivity contribution in [3.05, 3.63) is 12.2 Å². The van der Waals surface area contributed by atoms with Crippen LogP contribution < -0.4 is 0 Å². The van der Waals surface area contributed by atoms with Gasteiger partial charge in [-0.25, -0.2) is 0 Å². The van der Waals surface area contributed by atoms with Gasteiger partial charge in [-0.2, -0.15) is 0 Å². The van der Waals surface area contributed by atoms with E-state index in [2.05, 4.69) is 6.58 Å². The molecule has 3 heteroatoms. The van der Waals surface area contributed by atoms with Gasteiger partial charge in [0.2, 0.25) is 0 Å². The van der Waals surface area contributed by atoms with Gasteiger partial charge in [0.05, 0.1) is 18.1 Å². The van der Waals surface area contributed by atoms with Gasteiger partial charge in [-0.3, -0.25) is 4.79 Å². The summed E-state index contributed by atoms with van der Waals surface area (Å²) in [6, 6.07) is 0. The van der Waals surface area contributed by atoms with E-state index in [-0.39, 0.29) is 11.9 Å². The predicted octanol–water partition coefficient (Wildman–Crippen LogP) is 1.67. The van der Waals surface area contributed by atoms with Crippen molar-refractivity contribution in [3.63, 3.8) is 0 Å². The van der Waals surface area contributed by atoms with Crippen molar-refractivity contribution in [1.82, 2.24) is 0 Å². The highest BCUT2D eigenvalue weighted by Crippen LogP contribution is 2.39. The van der Waals surface area contributed by atoms with E-state index in [0.717, 1.165) is 24.8 Å². The molecule has 1 aliphatic carbocycles. The van der Waals surface area contributed by atoms with Crippen molar-refractivity contribution in [1.29, 1.82) is 0 Å². The fraction of sp³-hybridized carbons (Fsp3) is 0.727. The summed E-state index contributed by atoms with van der Waals surface area (Å²) in [7, 11) is 0. The molecule has 78 valence electrons. The van der Waals surface area contributed by atoms with Crippen molar-refractivity contribution in [2.24, 2.45) is 5.92 Å². The molecule has 3 nitrogen and oxygen atoms in total. The Morgan fingerprint density at radius 1 is 1.50 bits per heavy atom. The van der Waals surface area contributed by atoms with Gasteiger partial charge in [-0.1, -0.05) is 6.58 Å². The van der Waals surface area contributed by atoms with Crippen LogP contribution in [-0.4, -0.2) is 24.8 Å². The van der Waals surface area contributed by atoms with Crippen molar-refractivity contribution in [3.8, 4) is 0 Å². The molecule has 0 aromatic heterocycles. The summed E-state index contributed by atoms with van der Waals surface area (Å²) in [5, 5.41) is 0. The molecule has 1 saturated heterocycles. The van der Waals surface area contributed by atoms with E-state index in [1.807, 2.05) is 6.92 Å². The number of hydrogen-bond acceptors (Lipinski definition) is 3. The quantitative estimate of drug-likeness (QED) is 0.391.